The summed E-state index contributed by atoms with van der Waals surface area (Å²) in [6.45, 7) is 6.84. The highest BCUT2D eigenvalue weighted by Gasteiger charge is 2.34. The molecular weight excluding hydrogens is 346 g/mol. The Morgan fingerprint density at radius 2 is 1.61 bits per heavy atom. The van der Waals surface area contributed by atoms with Crippen molar-refractivity contribution in [1.82, 2.24) is 4.90 Å². The van der Waals surface area contributed by atoms with E-state index in [0.717, 1.165) is 54.6 Å². The molecule has 1 heterocycles. The van der Waals surface area contributed by atoms with Crippen molar-refractivity contribution < 1.29 is 9.84 Å². The van der Waals surface area contributed by atoms with Gasteiger partial charge in [-0.15, -0.1) is 0 Å². The van der Waals surface area contributed by atoms with Crippen molar-refractivity contribution in [3.8, 4) is 5.75 Å². The number of fused-ring (bicyclic) bond motifs is 1. The van der Waals surface area contributed by atoms with E-state index in [1.165, 1.54) is 5.56 Å². The van der Waals surface area contributed by atoms with Crippen LogP contribution in [0.3, 0.4) is 0 Å². The Balaban J connectivity index is 1.47. The summed E-state index contributed by atoms with van der Waals surface area (Å²) in [5.74, 6) is 0.892. The predicted octanol–water partition coefficient (Wildman–Crippen LogP) is 5.11. The van der Waals surface area contributed by atoms with E-state index in [1.54, 1.807) is 0 Å². The second-order valence-corrected chi connectivity index (χ2v) is 8.18. The Hall–Kier alpha value is -2.36. The van der Waals surface area contributed by atoms with Gasteiger partial charge >= 0.3 is 0 Å². The quantitative estimate of drug-likeness (QED) is 0.672. The van der Waals surface area contributed by atoms with E-state index in [0.29, 0.717) is 0 Å². The Morgan fingerprint density at radius 1 is 0.929 bits per heavy atom. The lowest BCUT2D eigenvalue weighted by Gasteiger charge is -2.38. The molecule has 0 aromatic heterocycles. The number of benzene rings is 3. The molecule has 3 heteroatoms. The molecule has 0 radical (unpaired) electrons. The van der Waals surface area contributed by atoms with Crippen LogP contribution in [0.4, 0.5) is 0 Å². The van der Waals surface area contributed by atoms with E-state index in [-0.39, 0.29) is 6.10 Å². The molecule has 0 amide bonds. The Labute approximate surface area is 167 Å². The maximum atomic E-state index is 11.3. The standard InChI is InChI=1S/C25H29NO2/c1-19(2)28-24-11-9-21-16-23(10-8-22(21)17-24)25(27)12-14-26(15-13-25)18-20-6-4-3-5-7-20/h3-11,16-17,19,27H,12-15,18H2,1-2H3. The lowest BCUT2D eigenvalue weighted by molar-refractivity contribution is -0.0276. The largest absolute Gasteiger partial charge is 0.491 e. The third-order valence-corrected chi connectivity index (χ3v) is 5.65. The molecule has 1 fully saturated rings. The van der Waals surface area contributed by atoms with Crippen LogP contribution in [-0.4, -0.2) is 29.2 Å². The number of ether oxygens (including phenoxy) is 1. The first-order valence-corrected chi connectivity index (χ1v) is 10.2. The maximum Gasteiger partial charge on any atom is 0.120 e. The molecule has 28 heavy (non-hydrogen) atoms. The molecule has 0 spiro atoms. The summed E-state index contributed by atoms with van der Waals surface area (Å²) in [5.41, 5.74) is 1.61. The van der Waals surface area contributed by atoms with E-state index in [4.69, 9.17) is 4.74 Å². The van der Waals surface area contributed by atoms with Crippen molar-refractivity contribution in [2.45, 2.75) is 44.9 Å². The average Bonchev–Trinajstić information content (AvgIpc) is 2.70. The fourth-order valence-corrected chi connectivity index (χ4v) is 4.07. The second-order valence-electron chi connectivity index (χ2n) is 8.18. The molecular formula is C25H29NO2. The monoisotopic (exact) mass is 375 g/mol. The zero-order valence-electron chi connectivity index (χ0n) is 16.8. The summed E-state index contributed by atoms with van der Waals surface area (Å²) in [4.78, 5) is 2.43. The lowest BCUT2D eigenvalue weighted by Crippen LogP contribution is -2.42. The lowest BCUT2D eigenvalue weighted by atomic mass is 9.83. The number of rotatable bonds is 5. The van der Waals surface area contributed by atoms with Crippen molar-refractivity contribution >= 4 is 10.8 Å². The normalized spacial score (nSPS) is 17.1. The van der Waals surface area contributed by atoms with E-state index in [1.807, 2.05) is 19.9 Å². The van der Waals surface area contributed by atoms with Gasteiger partial charge in [0.1, 0.15) is 5.75 Å². The van der Waals surface area contributed by atoms with Crippen LogP contribution < -0.4 is 4.74 Å². The Morgan fingerprint density at radius 3 is 2.32 bits per heavy atom. The number of aliphatic hydroxyl groups is 1. The van der Waals surface area contributed by atoms with Crippen LogP contribution in [0.1, 0.15) is 37.8 Å². The van der Waals surface area contributed by atoms with Crippen molar-refractivity contribution in [3.63, 3.8) is 0 Å². The summed E-state index contributed by atoms with van der Waals surface area (Å²) >= 11 is 0. The SMILES string of the molecule is CC(C)Oc1ccc2cc(C3(O)CCN(Cc4ccccc4)CC3)ccc2c1. The highest BCUT2D eigenvalue weighted by molar-refractivity contribution is 5.84. The van der Waals surface area contributed by atoms with Gasteiger partial charge in [-0.25, -0.2) is 0 Å². The van der Waals surface area contributed by atoms with Crippen LogP contribution in [0.25, 0.3) is 10.8 Å². The van der Waals surface area contributed by atoms with Gasteiger partial charge in [-0.3, -0.25) is 4.90 Å². The van der Waals surface area contributed by atoms with Gasteiger partial charge in [-0.2, -0.15) is 0 Å². The molecule has 1 aliphatic rings. The smallest absolute Gasteiger partial charge is 0.120 e. The van der Waals surface area contributed by atoms with Crippen molar-refractivity contribution in [2.75, 3.05) is 13.1 Å². The van der Waals surface area contributed by atoms with Gasteiger partial charge in [-0.05, 0) is 66.8 Å². The number of hydrogen-bond acceptors (Lipinski definition) is 3. The third kappa shape index (κ3) is 4.21. The number of nitrogens with zero attached hydrogens (tertiary/aromatic N) is 1. The van der Waals surface area contributed by atoms with Gasteiger partial charge in [0.2, 0.25) is 0 Å². The van der Waals surface area contributed by atoms with Crippen LogP contribution in [0, 0.1) is 0 Å². The zero-order valence-corrected chi connectivity index (χ0v) is 16.8. The molecule has 3 aromatic rings. The summed E-state index contributed by atoms with van der Waals surface area (Å²) in [6, 6.07) is 23.1. The molecule has 3 nitrogen and oxygen atoms in total. The first-order chi connectivity index (χ1) is 13.5. The maximum absolute atomic E-state index is 11.3. The van der Waals surface area contributed by atoms with Crippen molar-refractivity contribution in [3.05, 3.63) is 77.9 Å². The minimum atomic E-state index is -0.742. The molecule has 0 unspecified atom stereocenters. The fraction of sp³-hybridized carbons (Fsp3) is 0.360. The highest BCUT2D eigenvalue weighted by atomic mass is 16.5. The first kappa shape index (κ1) is 19.0. The molecule has 1 saturated heterocycles. The first-order valence-electron chi connectivity index (χ1n) is 10.2. The van der Waals surface area contributed by atoms with Gasteiger partial charge < -0.3 is 9.84 Å². The molecule has 0 atom stereocenters. The summed E-state index contributed by atoms with van der Waals surface area (Å²) in [7, 11) is 0. The third-order valence-electron chi connectivity index (χ3n) is 5.65. The van der Waals surface area contributed by atoms with E-state index in [9.17, 15) is 5.11 Å². The number of hydrogen-bond donors (Lipinski definition) is 1. The van der Waals surface area contributed by atoms with Crippen LogP contribution >= 0.6 is 0 Å². The summed E-state index contributed by atoms with van der Waals surface area (Å²) < 4.78 is 5.79. The van der Waals surface area contributed by atoms with Gasteiger partial charge in [0.25, 0.3) is 0 Å². The van der Waals surface area contributed by atoms with E-state index >= 15 is 0 Å². The second kappa shape index (κ2) is 7.94. The Kier molecular flexibility index (Phi) is 5.38. The van der Waals surface area contributed by atoms with E-state index in [2.05, 4.69) is 65.6 Å². The minimum Gasteiger partial charge on any atom is -0.491 e. The summed E-state index contributed by atoms with van der Waals surface area (Å²) in [5, 5.41) is 13.6. The Bertz CT molecular complexity index is 928. The van der Waals surface area contributed by atoms with Crippen LogP contribution in [0.2, 0.25) is 0 Å². The van der Waals surface area contributed by atoms with Gasteiger partial charge in [0, 0.05) is 19.6 Å². The fourth-order valence-electron chi connectivity index (χ4n) is 4.07. The molecule has 4 rings (SSSR count). The number of likely N-dealkylation sites (tertiary alicyclic amines) is 1. The zero-order chi connectivity index (χ0) is 19.6. The predicted molar refractivity (Wildman–Crippen MR) is 115 cm³/mol. The van der Waals surface area contributed by atoms with Crippen LogP contribution in [0.15, 0.2) is 66.7 Å². The molecule has 0 bridgehead atoms. The van der Waals surface area contributed by atoms with Gasteiger partial charge in [0.15, 0.2) is 0 Å². The molecule has 0 saturated carbocycles. The van der Waals surface area contributed by atoms with Crippen LogP contribution in [0.5, 0.6) is 5.75 Å². The van der Waals surface area contributed by atoms with E-state index < -0.39 is 5.60 Å². The molecule has 0 aliphatic carbocycles. The van der Waals surface area contributed by atoms with Gasteiger partial charge in [-0.1, -0.05) is 48.5 Å². The van der Waals surface area contributed by atoms with Crippen molar-refractivity contribution in [1.29, 1.82) is 0 Å². The summed E-state index contributed by atoms with van der Waals surface area (Å²) in [6.07, 6.45) is 1.69. The minimum absolute atomic E-state index is 0.165. The van der Waals surface area contributed by atoms with Crippen molar-refractivity contribution in [2.24, 2.45) is 0 Å². The van der Waals surface area contributed by atoms with Crippen LogP contribution in [-0.2, 0) is 12.1 Å². The molecule has 1 aliphatic heterocycles. The molecule has 3 aromatic carbocycles. The topological polar surface area (TPSA) is 32.7 Å². The molecule has 146 valence electrons. The highest BCUT2D eigenvalue weighted by Crippen LogP contribution is 2.35. The average molecular weight is 376 g/mol. The number of piperidine rings is 1. The van der Waals surface area contributed by atoms with Gasteiger partial charge in [0.05, 0.1) is 11.7 Å². The molecule has 1 N–H and O–H groups in total.